The zero-order valence-electron chi connectivity index (χ0n) is 11.5. The van der Waals surface area contributed by atoms with E-state index in [9.17, 15) is 4.79 Å². The SMILES string of the molecule is CC(=O)CN1CCC2=C(COc3cc(C)ccc32)C1. The highest BCUT2D eigenvalue weighted by Crippen LogP contribution is 2.37. The number of nitrogens with zero attached hydrogens (tertiary/aromatic N) is 1. The van der Waals surface area contributed by atoms with Crippen LogP contribution in [0.4, 0.5) is 0 Å². The molecule has 3 heteroatoms. The number of carbonyl (C=O) groups is 1. The molecule has 3 rings (SSSR count). The van der Waals surface area contributed by atoms with Gasteiger partial charge in [-0.05, 0) is 43.0 Å². The summed E-state index contributed by atoms with van der Waals surface area (Å²) in [7, 11) is 0. The summed E-state index contributed by atoms with van der Waals surface area (Å²) in [5, 5.41) is 0. The van der Waals surface area contributed by atoms with Crippen LogP contribution in [0.2, 0.25) is 0 Å². The van der Waals surface area contributed by atoms with E-state index in [1.807, 2.05) is 0 Å². The van der Waals surface area contributed by atoms with Crippen LogP contribution in [0.5, 0.6) is 5.75 Å². The van der Waals surface area contributed by atoms with E-state index in [2.05, 4.69) is 30.0 Å². The number of hydrogen-bond donors (Lipinski definition) is 0. The number of fused-ring (bicyclic) bond motifs is 2. The molecule has 0 unspecified atom stereocenters. The third-order valence-corrected chi connectivity index (χ3v) is 3.83. The van der Waals surface area contributed by atoms with Gasteiger partial charge >= 0.3 is 0 Å². The molecule has 1 aromatic rings. The fourth-order valence-electron chi connectivity index (χ4n) is 2.96. The Hall–Kier alpha value is -1.61. The van der Waals surface area contributed by atoms with Gasteiger partial charge in [0, 0.05) is 18.7 Å². The first-order valence-corrected chi connectivity index (χ1v) is 6.80. The molecular formula is C16H19NO2. The van der Waals surface area contributed by atoms with Crippen LogP contribution in [-0.4, -0.2) is 36.9 Å². The Labute approximate surface area is 113 Å². The maximum atomic E-state index is 11.2. The number of carbonyl (C=O) groups excluding carboxylic acids is 1. The van der Waals surface area contributed by atoms with Gasteiger partial charge in [-0.2, -0.15) is 0 Å². The van der Waals surface area contributed by atoms with Crippen LogP contribution in [0.1, 0.15) is 24.5 Å². The van der Waals surface area contributed by atoms with Crippen LogP contribution in [0.25, 0.3) is 5.57 Å². The van der Waals surface area contributed by atoms with Gasteiger partial charge in [0.2, 0.25) is 0 Å². The number of ether oxygens (including phenoxy) is 1. The Morgan fingerprint density at radius 3 is 3.05 bits per heavy atom. The minimum Gasteiger partial charge on any atom is -0.489 e. The molecule has 0 atom stereocenters. The lowest BCUT2D eigenvalue weighted by Crippen LogP contribution is -2.37. The number of Topliss-reactive ketones (excluding diaryl/α,β-unsaturated/α-hetero) is 1. The van der Waals surface area contributed by atoms with E-state index in [0.717, 1.165) is 25.3 Å². The van der Waals surface area contributed by atoms with E-state index in [4.69, 9.17) is 4.74 Å². The van der Waals surface area contributed by atoms with E-state index in [-0.39, 0.29) is 5.78 Å². The lowest BCUT2D eigenvalue weighted by molar-refractivity contribution is -0.118. The monoisotopic (exact) mass is 257 g/mol. The number of rotatable bonds is 2. The Morgan fingerprint density at radius 1 is 1.42 bits per heavy atom. The molecule has 0 aromatic heterocycles. The molecule has 3 nitrogen and oxygen atoms in total. The molecule has 2 heterocycles. The van der Waals surface area contributed by atoms with E-state index in [0.29, 0.717) is 13.2 Å². The maximum absolute atomic E-state index is 11.2. The van der Waals surface area contributed by atoms with E-state index in [1.165, 1.54) is 22.3 Å². The third-order valence-electron chi connectivity index (χ3n) is 3.83. The number of aryl methyl sites for hydroxylation is 1. The first-order valence-electron chi connectivity index (χ1n) is 6.80. The Kier molecular flexibility index (Phi) is 3.15. The first-order chi connectivity index (χ1) is 9.13. The zero-order chi connectivity index (χ0) is 13.4. The van der Waals surface area contributed by atoms with Crippen LogP contribution in [0, 0.1) is 6.92 Å². The summed E-state index contributed by atoms with van der Waals surface area (Å²) in [4.78, 5) is 13.4. The van der Waals surface area contributed by atoms with Crippen LogP contribution >= 0.6 is 0 Å². The van der Waals surface area contributed by atoms with Crippen molar-refractivity contribution in [2.75, 3.05) is 26.2 Å². The normalized spacial score (nSPS) is 18.6. The van der Waals surface area contributed by atoms with Gasteiger partial charge in [-0.25, -0.2) is 0 Å². The summed E-state index contributed by atoms with van der Waals surface area (Å²) in [6.45, 7) is 6.79. The molecule has 0 bridgehead atoms. The second kappa shape index (κ2) is 4.82. The summed E-state index contributed by atoms with van der Waals surface area (Å²) in [5.41, 5.74) is 5.25. The zero-order valence-corrected chi connectivity index (χ0v) is 11.5. The molecule has 0 spiro atoms. The Morgan fingerprint density at radius 2 is 2.26 bits per heavy atom. The predicted molar refractivity (Wildman–Crippen MR) is 75.3 cm³/mol. The van der Waals surface area contributed by atoms with Gasteiger partial charge in [-0.15, -0.1) is 0 Å². The topological polar surface area (TPSA) is 29.5 Å². The van der Waals surface area contributed by atoms with Gasteiger partial charge in [0.25, 0.3) is 0 Å². The molecule has 100 valence electrons. The smallest absolute Gasteiger partial charge is 0.143 e. The van der Waals surface area contributed by atoms with Gasteiger partial charge in [-0.1, -0.05) is 12.1 Å². The van der Waals surface area contributed by atoms with Crippen molar-refractivity contribution in [3.8, 4) is 5.75 Å². The predicted octanol–water partition coefficient (Wildman–Crippen LogP) is 2.44. The van der Waals surface area contributed by atoms with Gasteiger partial charge in [-0.3, -0.25) is 9.69 Å². The molecular weight excluding hydrogens is 238 g/mol. The molecule has 0 fully saturated rings. The molecule has 0 radical (unpaired) electrons. The van der Waals surface area contributed by atoms with Gasteiger partial charge in [0.05, 0.1) is 6.54 Å². The standard InChI is InChI=1S/C16H19NO2/c1-11-3-4-15-14-5-6-17(8-12(2)18)9-13(14)10-19-16(15)7-11/h3-4,7H,5-6,8-10H2,1-2H3. The van der Waals surface area contributed by atoms with Crippen LogP contribution < -0.4 is 4.74 Å². The van der Waals surface area contributed by atoms with Crippen molar-refractivity contribution in [3.05, 3.63) is 34.9 Å². The van der Waals surface area contributed by atoms with E-state index < -0.39 is 0 Å². The number of ketones is 1. The average molecular weight is 257 g/mol. The third kappa shape index (κ3) is 2.43. The summed E-state index contributed by atoms with van der Waals surface area (Å²) >= 11 is 0. The fraction of sp³-hybridized carbons (Fsp3) is 0.438. The second-order valence-electron chi connectivity index (χ2n) is 5.53. The van der Waals surface area contributed by atoms with Crippen molar-refractivity contribution in [2.45, 2.75) is 20.3 Å². The lowest BCUT2D eigenvalue weighted by Gasteiger charge is -2.33. The highest BCUT2D eigenvalue weighted by atomic mass is 16.5. The summed E-state index contributed by atoms with van der Waals surface area (Å²) < 4.78 is 5.86. The van der Waals surface area contributed by atoms with Crippen molar-refractivity contribution in [1.82, 2.24) is 4.90 Å². The van der Waals surface area contributed by atoms with Gasteiger partial charge < -0.3 is 4.74 Å². The average Bonchev–Trinajstić information content (AvgIpc) is 2.37. The van der Waals surface area contributed by atoms with Crippen LogP contribution in [-0.2, 0) is 4.79 Å². The summed E-state index contributed by atoms with van der Waals surface area (Å²) in [5.74, 6) is 1.25. The molecule has 0 saturated carbocycles. The van der Waals surface area contributed by atoms with E-state index >= 15 is 0 Å². The molecule has 2 aliphatic rings. The largest absolute Gasteiger partial charge is 0.489 e. The van der Waals surface area contributed by atoms with Crippen LogP contribution in [0.3, 0.4) is 0 Å². The molecule has 2 aliphatic heterocycles. The fourth-order valence-corrected chi connectivity index (χ4v) is 2.96. The quantitative estimate of drug-likeness (QED) is 0.815. The first kappa shape index (κ1) is 12.4. The van der Waals surface area contributed by atoms with Crippen molar-refractivity contribution < 1.29 is 9.53 Å². The molecule has 1 aromatic carbocycles. The van der Waals surface area contributed by atoms with Crippen molar-refractivity contribution >= 4 is 11.4 Å². The molecule has 0 amide bonds. The summed E-state index contributed by atoms with van der Waals surface area (Å²) in [6, 6.07) is 6.42. The lowest BCUT2D eigenvalue weighted by atomic mass is 9.90. The Bertz CT molecular complexity index is 560. The van der Waals surface area contributed by atoms with Crippen LogP contribution in [0.15, 0.2) is 23.8 Å². The maximum Gasteiger partial charge on any atom is 0.143 e. The minimum absolute atomic E-state index is 0.233. The van der Waals surface area contributed by atoms with E-state index in [1.54, 1.807) is 6.92 Å². The Balaban J connectivity index is 1.88. The summed E-state index contributed by atoms with van der Waals surface area (Å²) in [6.07, 6.45) is 1.02. The highest BCUT2D eigenvalue weighted by Gasteiger charge is 2.26. The molecule has 19 heavy (non-hydrogen) atoms. The van der Waals surface area contributed by atoms with Crippen molar-refractivity contribution in [1.29, 1.82) is 0 Å². The highest BCUT2D eigenvalue weighted by molar-refractivity contribution is 5.79. The van der Waals surface area contributed by atoms with Gasteiger partial charge in [0.15, 0.2) is 0 Å². The molecule has 0 N–H and O–H groups in total. The van der Waals surface area contributed by atoms with Crippen molar-refractivity contribution in [3.63, 3.8) is 0 Å². The number of hydrogen-bond acceptors (Lipinski definition) is 3. The minimum atomic E-state index is 0.233. The molecule has 0 aliphatic carbocycles. The van der Waals surface area contributed by atoms with Gasteiger partial charge in [0.1, 0.15) is 18.1 Å². The van der Waals surface area contributed by atoms with Crippen molar-refractivity contribution in [2.24, 2.45) is 0 Å². The molecule has 0 saturated heterocycles. The second-order valence-corrected chi connectivity index (χ2v) is 5.53. The number of benzene rings is 1.